The molecule has 0 saturated carbocycles. The third kappa shape index (κ3) is 4.22. The molecule has 1 N–H and O–H groups in total. The lowest BCUT2D eigenvalue weighted by atomic mass is 10.1. The number of rotatable bonds is 9. The summed E-state index contributed by atoms with van der Waals surface area (Å²) in [6.45, 7) is 2.26. The van der Waals surface area contributed by atoms with Crippen LogP contribution in [0.3, 0.4) is 0 Å². The molecule has 0 bridgehead atoms. The number of thioether (sulfide) groups is 1. The lowest BCUT2D eigenvalue weighted by Gasteiger charge is -2.01. The lowest BCUT2D eigenvalue weighted by Crippen LogP contribution is -1.92. The second-order valence-corrected chi connectivity index (χ2v) is 6.99. The first kappa shape index (κ1) is 16.2. The molecule has 3 aromatic rings. The predicted molar refractivity (Wildman–Crippen MR) is 97.9 cm³/mol. The van der Waals surface area contributed by atoms with Gasteiger partial charge in [-0.15, -0.1) is 10.2 Å². The Hall–Kier alpha value is -1.62. The van der Waals surface area contributed by atoms with Crippen molar-refractivity contribution >= 4 is 33.8 Å². The fourth-order valence-corrected chi connectivity index (χ4v) is 3.58. The van der Waals surface area contributed by atoms with Gasteiger partial charge in [0.2, 0.25) is 5.16 Å². The average molecular weight is 328 g/mol. The summed E-state index contributed by atoms with van der Waals surface area (Å²) in [7, 11) is 0. The van der Waals surface area contributed by atoms with Crippen LogP contribution in [0, 0.1) is 0 Å². The Morgan fingerprint density at radius 3 is 2.61 bits per heavy atom. The number of nitrogens with one attached hydrogen (secondary N) is 1. The van der Waals surface area contributed by atoms with E-state index in [-0.39, 0.29) is 0 Å². The molecule has 2 heterocycles. The zero-order valence-corrected chi connectivity index (χ0v) is 14.5. The number of aromatic amines is 1. The van der Waals surface area contributed by atoms with E-state index < -0.39 is 0 Å². The molecular formula is C18H24N4S. The number of hydrogen-bond donors (Lipinski definition) is 1. The van der Waals surface area contributed by atoms with E-state index in [2.05, 4.69) is 33.2 Å². The van der Waals surface area contributed by atoms with Crippen LogP contribution in [0.15, 0.2) is 29.4 Å². The number of nitrogens with zero attached hydrogens (tertiary/aromatic N) is 3. The molecule has 4 nitrogen and oxygen atoms in total. The van der Waals surface area contributed by atoms with Crippen molar-refractivity contribution in [2.24, 2.45) is 0 Å². The Morgan fingerprint density at radius 2 is 1.74 bits per heavy atom. The second-order valence-electron chi connectivity index (χ2n) is 5.93. The Bertz CT molecular complexity index is 753. The third-order valence-corrected chi connectivity index (χ3v) is 5.01. The van der Waals surface area contributed by atoms with Crippen molar-refractivity contribution in [3.8, 4) is 0 Å². The molecule has 0 atom stereocenters. The molecule has 0 saturated heterocycles. The first-order valence-electron chi connectivity index (χ1n) is 8.62. The van der Waals surface area contributed by atoms with Crippen molar-refractivity contribution < 1.29 is 0 Å². The normalized spacial score (nSPS) is 11.5. The topological polar surface area (TPSA) is 54.5 Å². The van der Waals surface area contributed by atoms with E-state index in [1.165, 1.54) is 44.9 Å². The van der Waals surface area contributed by atoms with E-state index in [9.17, 15) is 0 Å². The van der Waals surface area contributed by atoms with Crippen molar-refractivity contribution in [2.75, 3.05) is 5.75 Å². The van der Waals surface area contributed by atoms with Crippen molar-refractivity contribution in [1.82, 2.24) is 20.2 Å². The van der Waals surface area contributed by atoms with Gasteiger partial charge in [0.25, 0.3) is 0 Å². The number of fused-ring (bicyclic) bond motifs is 3. The van der Waals surface area contributed by atoms with Crippen LogP contribution in [-0.2, 0) is 0 Å². The van der Waals surface area contributed by atoms with Gasteiger partial charge in [-0.25, -0.2) is 4.98 Å². The van der Waals surface area contributed by atoms with Crippen LogP contribution < -0.4 is 0 Å². The number of unbranched alkanes of at least 4 members (excludes halogenated alkanes) is 6. The number of H-pyrrole nitrogens is 1. The highest BCUT2D eigenvalue weighted by Crippen LogP contribution is 2.24. The highest BCUT2D eigenvalue weighted by molar-refractivity contribution is 7.99. The molecule has 23 heavy (non-hydrogen) atoms. The molecule has 122 valence electrons. The molecule has 0 unspecified atom stereocenters. The van der Waals surface area contributed by atoms with E-state index in [4.69, 9.17) is 0 Å². The van der Waals surface area contributed by atoms with Crippen LogP contribution in [0.1, 0.15) is 51.9 Å². The van der Waals surface area contributed by atoms with Gasteiger partial charge in [-0.3, -0.25) is 0 Å². The summed E-state index contributed by atoms with van der Waals surface area (Å²) in [5.41, 5.74) is 2.77. The summed E-state index contributed by atoms with van der Waals surface area (Å²) in [5.74, 6) is 1.07. The van der Waals surface area contributed by atoms with Gasteiger partial charge in [-0.1, -0.05) is 75.4 Å². The molecule has 0 spiro atoms. The van der Waals surface area contributed by atoms with Crippen LogP contribution in [0.4, 0.5) is 0 Å². The quantitative estimate of drug-likeness (QED) is 0.425. The molecule has 5 heteroatoms. The minimum atomic E-state index is 0.770. The maximum atomic E-state index is 4.68. The minimum absolute atomic E-state index is 0.770. The van der Waals surface area contributed by atoms with Crippen LogP contribution in [0.25, 0.3) is 22.1 Å². The van der Waals surface area contributed by atoms with Crippen molar-refractivity contribution in [3.63, 3.8) is 0 Å². The highest BCUT2D eigenvalue weighted by Gasteiger charge is 2.08. The van der Waals surface area contributed by atoms with E-state index in [1.54, 1.807) is 11.8 Å². The summed E-state index contributed by atoms with van der Waals surface area (Å²) in [6, 6.07) is 8.17. The molecule has 0 aliphatic rings. The van der Waals surface area contributed by atoms with E-state index in [0.29, 0.717) is 0 Å². The molecule has 3 rings (SSSR count). The van der Waals surface area contributed by atoms with Gasteiger partial charge >= 0.3 is 0 Å². The number of benzene rings is 1. The van der Waals surface area contributed by atoms with Gasteiger partial charge in [0.05, 0.1) is 0 Å². The Labute approximate surface area is 141 Å². The average Bonchev–Trinajstić information content (AvgIpc) is 2.95. The highest BCUT2D eigenvalue weighted by atomic mass is 32.2. The number of hydrogen-bond acceptors (Lipinski definition) is 4. The van der Waals surface area contributed by atoms with Crippen molar-refractivity contribution in [1.29, 1.82) is 0 Å². The zero-order chi connectivity index (χ0) is 15.9. The minimum Gasteiger partial charge on any atom is -0.336 e. The molecule has 0 aliphatic carbocycles. The largest absolute Gasteiger partial charge is 0.336 e. The van der Waals surface area contributed by atoms with Crippen LogP contribution in [0.2, 0.25) is 0 Å². The monoisotopic (exact) mass is 328 g/mol. The third-order valence-electron chi connectivity index (χ3n) is 4.08. The molecular weight excluding hydrogens is 304 g/mol. The van der Waals surface area contributed by atoms with Gasteiger partial charge in [0.1, 0.15) is 5.52 Å². The first-order chi connectivity index (χ1) is 11.4. The fraction of sp³-hybridized carbons (Fsp3) is 0.500. The SMILES string of the molecule is CCCCCCCCCSc1nnc2[nH]c3ccccc3c2n1. The zero-order valence-electron chi connectivity index (χ0n) is 13.7. The Kier molecular flexibility index (Phi) is 5.86. The summed E-state index contributed by atoms with van der Waals surface area (Å²) >= 11 is 1.72. The maximum absolute atomic E-state index is 4.68. The number of aromatic nitrogens is 4. The predicted octanol–water partition coefficient (Wildman–Crippen LogP) is 5.35. The fourth-order valence-electron chi connectivity index (χ4n) is 2.79. The van der Waals surface area contributed by atoms with Crippen LogP contribution in [-0.4, -0.2) is 25.9 Å². The van der Waals surface area contributed by atoms with Gasteiger partial charge in [-0.2, -0.15) is 0 Å². The summed E-state index contributed by atoms with van der Waals surface area (Å²) in [4.78, 5) is 7.94. The Morgan fingerprint density at radius 1 is 0.957 bits per heavy atom. The maximum Gasteiger partial charge on any atom is 0.209 e. The van der Waals surface area contributed by atoms with Crippen molar-refractivity contribution in [3.05, 3.63) is 24.3 Å². The molecule has 1 aromatic carbocycles. The smallest absolute Gasteiger partial charge is 0.209 e. The lowest BCUT2D eigenvalue weighted by molar-refractivity contribution is 0.603. The second kappa shape index (κ2) is 8.29. The van der Waals surface area contributed by atoms with Gasteiger partial charge in [-0.05, 0) is 12.5 Å². The van der Waals surface area contributed by atoms with Gasteiger partial charge in [0, 0.05) is 16.7 Å². The van der Waals surface area contributed by atoms with Gasteiger partial charge in [0.15, 0.2) is 5.65 Å². The van der Waals surface area contributed by atoms with Gasteiger partial charge < -0.3 is 4.98 Å². The van der Waals surface area contributed by atoms with E-state index in [0.717, 1.165) is 33.0 Å². The number of para-hydroxylation sites is 1. The summed E-state index contributed by atoms with van der Waals surface area (Å²) in [6.07, 6.45) is 9.33. The Balaban J connectivity index is 1.51. The van der Waals surface area contributed by atoms with Crippen LogP contribution in [0.5, 0.6) is 0 Å². The molecule has 0 fully saturated rings. The molecule has 0 radical (unpaired) electrons. The standard InChI is InChI=1S/C18H24N4S/c1-2-3-4-5-6-7-10-13-23-18-20-16-14-11-8-9-12-15(14)19-17(16)21-22-18/h8-9,11-12H,2-7,10,13H2,1H3,(H,19,21). The summed E-state index contributed by atoms with van der Waals surface area (Å²) in [5, 5.41) is 10.4. The van der Waals surface area contributed by atoms with Crippen LogP contribution >= 0.6 is 11.8 Å². The van der Waals surface area contributed by atoms with E-state index >= 15 is 0 Å². The van der Waals surface area contributed by atoms with Crippen molar-refractivity contribution in [2.45, 2.75) is 57.0 Å². The molecule has 0 amide bonds. The van der Waals surface area contributed by atoms with E-state index in [1.807, 2.05) is 18.2 Å². The first-order valence-corrected chi connectivity index (χ1v) is 9.61. The molecule has 0 aliphatic heterocycles. The summed E-state index contributed by atoms with van der Waals surface area (Å²) < 4.78 is 0. The molecule has 2 aromatic heterocycles.